The minimum Gasteiger partial charge on any atom is -0.496 e. The van der Waals surface area contributed by atoms with Crippen molar-refractivity contribution in [2.24, 2.45) is 5.10 Å². The lowest BCUT2D eigenvalue weighted by atomic mass is 10.2. The highest BCUT2D eigenvalue weighted by Gasteiger charge is 2.20. The molecule has 0 aliphatic rings. The van der Waals surface area contributed by atoms with Gasteiger partial charge < -0.3 is 19.0 Å². The molecule has 1 atom stereocenters. The number of nitrogens with zero attached hydrogens (tertiary/aromatic N) is 3. The van der Waals surface area contributed by atoms with Crippen LogP contribution >= 0.6 is 27.5 Å². The number of aliphatic carboxylic acids is 1. The quantitative estimate of drug-likeness (QED) is 0.230. The molecule has 9 nitrogen and oxygen atoms in total. The summed E-state index contributed by atoms with van der Waals surface area (Å²) >= 11 is 9.60. The van der Waals surface area contributed by atoms with E-state index in [4.69, 9.17) is 25.5 Å². The number of carbonyl (C=O) groups is 1. The number of carboxylic acids is 1. The number of aromatic nitrogens is 2. The van der Waals surface area contributed by atoms with Crippen LogP contribution < -0.4 is 15.0 Å². The normalized spacial score (nSPS) is 12.3. The summed E-state index contributed by atoms with van der Waals surface area (Å²) < 4.78 is 18.6. The monoisotopic (exact) mass is 595 g/mol. The number of carboxylic acid groups (broad SMARTS) is 1. The molecule has 0 saturated carbocycles. The van der Waals surface area contributed by atoms with Crippen molar-refractivity contribution in [2.45, 2.75) is 13.0 Å². The van der Waals surface area contributed by atoms with Crippen molar-refractivity contribution in [3.05, 3.63) is 86.1 Å². The van der Waals surface area contributed by atoms with Crippen LogP contribution in [0.1, 0.15) is 12.5 Å². The Labute approximate surface area is 229 Å². The van der Waals surface area contributed by atoms with Gasteiger partial charge in [0.15, 0.2) is 11.9 Å². The van der Waals surface area contributed by atoms with Crippen LogP contribution in [0, 0.1) is 0 Å². The molecule has 11 heteroatoms. The number of para-hydroxylation sites is 1. The topological polar surface area (TPSA) is 116 Å². The first-order chi connectivity index (χ1) is 18.3. The molecule has 0 aliphatic carbocycles. The Kier molecular flexibility index (Phi) is 6.92. The van der Waals surface area contributed by atoms with Gasteiger partial charge in [0.25, 0.3) is 5.56 Å². The first-order valence-electron chi connectivity index (χ1n) is 11.3. The Morgan fingerprint density at radius 1 is 1.18 bits per heavy atom. The summed E-state index contributed by atoms with van der Waals surface area (Å²) in [5.41, 5.74) is 0.928. The van der Waals surface area contributed by atoms with Gasteiger partial charge in [-0.15, -0.1) is 0 Å². The van der Waals surface area contributed by atoms with E-state index in [2.05, 4.69) is 26.0 Å². The van der Waals surface area contributed by atoms with E-state index in [1.54, 1.807) is 67.8 Å². The van der Waals surface area contributed by atoms with Gasteiger partial charge in [0.05, 0.1) is 34.1 Å². The van der Waals surface area contributed by atoms with E-state index < -0.39 is 17.6 Å². The van der Waals surface area contributed by atoms with Crippen LogP contribution in [0.3, 0.4) is 0 Å². The van der Waals surface area contributed by atoms with Crippen LogP contribution in [-0.2, 0) is 4.79 Å². The molecule has 0 spiro atoms. The molecule has 3 aromatic carbocycles. The second kappa shape index (κ2) is 10.3. The summed E-state index contributed by atoms with van der Waals surface area (Å²) in [7, 11) is 1.56. The molecule has 5 aromatic rings. The standard InChI is InChI=1S/C27H19BrClN3O6/c1-14(27(34)35)37-24-15(10-16(29)11-19(24)28)13-30-32-25(31-20-7-4-3-6-17(20)26(32)33)23-12-18-21(36-2)8-5-9-22(18)38-23/h3-14H,1-2H3,(H,34,35)/t14-/m0/s1. The Hall–Kier alpha value is -4.15. The molecular weight excluding hydrogens is 578 g/mol. The van der Waals surface area contributed by atoms with Gasteiger partial charge >= 0.3 is 5.97 Å². The molecule has 0 unspecified atom stereocenters. The van der Waals surface area contributed by atoms with Gasteiger partial charge in [0, 0.05) is 10.6 Å². The number of ether oxygens (including phenoxy) is 2. The highest BCUT2D eigenvalue weighted by Crippen LogP contribution is 2.34. The van der Waals surface area contributed by atoms with E-state index in [9.17, 15) is 14.7 Å². The third kappa shape index (κ3) is 4.75. The number of benzene rings is 3. The molecule has 0 bridgehead atoms. The lowest BCUT2D eigenvalue weighted by Gasteiger charge is -2.15. The largest absolute Gasteiger partial charge is 0.496 e. The van der Waals surface area contributed by atoms with Crippen molar-refractivity contribution in [1.82, 2.24) is 9.66 Å². The predicted octanol–water partition coefficient (Wildman–Crippen LogP) is 5.97. The van der Waals surface area contributed by atoms with Gasteiger partial charge in [-0.1, -0.05) is 29.8 Å². The fourth-order valence-corrected chi connectivity index (χ4v) is 4.79. The minimum atomic E-state index is -1.15. The average molecular weight is 597 g/mol. The van der Waals surface area contributed by atoms with Crippen LogP contribution in [0.15, 0.2) is 79.4 Å². The number of fused-ring (bicyclic) bond motifs is 2. The number of hydrogen-bond acceptors (Lipinski definition) is 7. The summed E-state index contributed by atoms with van der Waals surface area (Å²) in [5.74, 6) is 0.115. The van der Waals surface area contributed by atoms with Crippen LogP contribution in [0.4, 0.5) is 0 Å². The molecule has 0 radical (unpaired) electrons. The van der Waals surface area contributed by atoms with E-state index in [0.717, 1.165) is 4.68 Å². The Morgan fingerprint density at radius 3 is 2.74 bits per heavy atom. The Morgan fingerprint density at radius 2 is 1.97 bits per heavy atom. The predicted molar refractivity (Wildman–Crippen MR) is 148 cm³/mol. The third-order valence-corrected chi connectivity index (χ3v) is 6.51. The number of hydrogen-bond donors (Lipinski definition) is 1. The fraction of sp³-hybridized carbons (Fsp3) is 0.111. The lowest BCUT2D eigenvalue weighted by Crippen LogP contribution is -2.24. The maximum Gasteiger partial charge on any atom is 0.344 e. The maximum absolute atomic E-state index is 13.6. The van der Waals surface area contributed by atoms with Crippen molar-refractivity contribution < 1.29 is 23.8 Å². The average Bonchev–Trinajstić information content (AvgIpc) is 3.34. The van der Waals surface area contributed by atoms with Gasteiger partial charge in [-0.3, -0.25) is 4.79 Å². The van der Waals surface area contributed by atoms with E-state index in [0.29, 0.717) is 48.4 Å². The number of methoxy groups -OCH3 is 1. The van der Waals surface area contributed by atoms with Gasteiger partial charge in [-0.2, -0.15) is 9.78 Å². The SMILES string of the molecule is COc1cccc2oc(-c3nc4ccccc4c(=O)n3N=Cc3cc(Cl)cc(Br)c3O[C@@H](C)C(=O)O)cc12. The summed E-state index contributed by atoms with van der Waals surface area (Å²) in [6.45, 7) is 1.40. The lowest BCUT2D eigenvalue weighted by molar-refractivity contribution is -0.144. The van der Waals surface area contributed by atoms with E-state index in [1.807, 2.05) is 0 Å². The highest BCUT2D eigenvalue weighted by molar-refractivity contribution is 9.10. The maximum atomic E-state index is 13.6. The Bertz CT molecular complexity index is 1800. The van der Waals surface area contributed by atoms with E-state index in [1.165, 1.54) is 13.1 Å². The molecule has 2 heterocycles. The minimum absolute atomic E-state index is 0.158. The highest BCUT2D eigenvalue weighted by atomic mass is 79.9. The van der Waals surface area contributed by atoms with Crippen molar-refractivity contribution in [1.29, 1.82) is 0 Å². The summed E-state index contributed by atoms with van der Waals surface area (Å²) in [5, 5.41) is 15.1. The molecule has 192 valence electrons. The third-order valence-electron chi connectivity index (χ3n) is 5.71. The molecule has 5 rings (SSSR count). The van der Waals surface area contributed by atoms with Gasteiger partial charge in [0.2, 0.25) is 5.82 Å². The first-order valence-corrected chi connectivity index (χ1v) is 12.5. The number of rotatable bonds is 7. The molecule has 0 aliphatic heterocycles. The molecular formula is C27H19BrClN3O6. The molecule has 2 aromatic heterocycles. The van der Waals surface area contributed by atoms with Gasteiger partial charge in [-0.05, 0) is 65.3 Å². The van der Waals surface area contributed by atoms with Crippen LogP contribution in [0.25, 0.3) is 33.5 Å². The Balaban J connectivity index is 1.71. The molecule has 38 heavy (non-hydrogen) atoms. The van der Waals surface area contributed by atoms with Gasteiger partial charge in [-0.25, -0.2) is 9.78 Å². The van der Waals surface area contributed by atoms with E-state index >= 15 is 0 Å². The zero-order valence-corrected chi connectivity index (χ0v) is 22.4. The smallest absolute Gasteiger partial charge is 0.344 e. The van der Waals surface area contributed by atoms with Crippen molar-refractivity contribution >= 4 is 61.6 Å². The number of furan rings is 1. The van der Waals surface area contributed by atoms with Crippen LogP contribution in [-0.4, -0.2) is 40.2 Å². The molecule has 1 N–H and O–H groups in total. The van der Waals surface area contributed by atoms with Gasteiger partial charge in [0.1, 0.15) is 17.1 Å². The molecule has 0 fully saturated rings. The second-order valence-electron chi connectivity index (χ2n) is 8.20. The zero-order chi connectivity index (χ0) is 27.0. The van der Waals surface area contributed by atoms with Crippen molar-refractivity contribution in [3.8, 4) is 23.1 Å². The van der Waals surface area contributed by atoms with Crippen molar-refractivity contribution in [3.63, 3.8) is 0 Å². The summed E-state index contributed by atoms with van der Waals surface area (Å²) in [6, 6.07) is 17.1. The molecule has 0 saturated heterocycles. The second-order valence-corrected chi connectivity index (χ2v) is 9.49. The van der Waals surface area contributed by atoms with Crippen molar-refractivity contribution in [2.75, 3.05) is 7.11 Å². The van der Waals surface area contributed by atoms with Crippen LogP contribution in [0.5, 0.6) is 11.5 Å². The number of halogens is 2. The zero-order valence-electron chi connectivity index (χ0n) is 20.0. The summed E-state index contributed by atoms with van der Waals surface area (Å²) in [6.07, 6.45) is 0.205. The van der Waals surface area contributed by atoms with E-state index in [-0.39, 0.29) is 11.6 Å². The molecule has 0 amide bonds. The fourth-order valence-electron chi connectivity index (χ4n) is 3.86. The summed E-state index contributed by atoms with van der Waals surface area (Å²) in [4.78, 5) is 29.6. The first kappa shape index (κ1) is 25.5. The van der Waals surface area contributed by atoms with Crippen LogP contribution in [0.2, 0.25) is 5.02 Å².